The molecule has 0 unspecified atom stereocenters. The van der Waals surface area contributed by atoms with E-state index in [9.17, 15) is 14.4 Å². The highest BCUT2D eigenvalue weighted by atomic mass is 16.7. The molecule has 2 aliphatic heterocycles. The van der Waals surface area contributed by atoms with Crippen LogP contribution >= 0.6 is 0 Å². The lowest BCUT2D eigenvalue weighted by molar-refractivity contribution is -0.141. The van der Waals surface area contributed by atoms with Gasteiger partial charge in [-0.15, -0.1) is 0 Å². The maximum atomic E-state index is 12.2. The molecule has 8 nitrogen and oxygen atoms in total. The zero-order valence-corrected chi connectivity index (χ0v) is 12.3. The molecule has 0 atom stereocenters. The van der Waals surface area contributed by atoms with Gasteiger partial charge < -0.3 is 19.5 Å². The molecule has 3 rings (SSSR count). The first kappa shape index (κ1) is 14.9. The number of nitrogens with zero attached hydrogens (tertiary/aromatic N) is 1. The number of benzene rings is 1. The van der Waals surface area contributed by atoms with Gasteiger partial charge in [0.15, 0.2) is 11.5 Å². The van der Waals surface area contributed by atoms with E-state index < -0.39 is 17.9 Å². The van der Waals surface area contributed by atoms with E-state index in [4.69, 9.17) is 9.47 Å². The summed E-state index contributed by atoms with van der Waals surface area (Å²) in [7, 11) is 1.25. The van der Waals surface area contributed by atoms with Crippen LogP contribution in [-0.2, 0) is 14.3 Å². The molecule has 1 aromatic rings. The first-order chi connectivity index (χ1) is 11.1. The van der Waals surface area contributed by atoms with E-state index in [0.717, 1.165) is 4.90 Å². The summed E-state index contributed by atoms with van der Waals surface area (Å²) in [6, 6.07) is 4.62. The Morgan fingerprint density at radius 2 is 2.13 bits per heavy atom. The van der Waals surface area contributed by atoms with E-state index in [1.807, 2.05) is 0 Å². The molecule has 1 saturated heterocycles. The Balaban J connectivity index is 1.74. The summed E-state index contributed by atoms with van der Waals surface area (Å²) in [5.41, 5.74) is 0.825. The minimum atomic E-state index is -0.564. The van der Waals surface area contributed by atoms with E-state index in [1.165, 1.54) is 7.11 Å². The van der Waals surface area contributed by atoms with Crippen LogP contribution in [-0.4, -0.2) is 43.3 Å². The van der Waals surface area contributed by atoms with Crippen LogP contribution in [0.1, 0.15) is 12.0 Å². The first-order valence-corrected chi connectivity index (χ1v) is 6.89. The minimum absolute atomic E-state index is 0.0319. The lowest BCUT2D eigenvalue weighted by Gasteiger charge is -2.10. The number of imide groups is 1. The molecule has 0 saturated carbocycles. The number of amides is 3. The lowest BCUT2D eigenvalue weighted by atomic mass is 10.1. The van der Waals surface area contributed by atoms with Crippen molar-refractivity contribution < 1.29 is 28.6 Å². The Morgan fingerprint density at radius 3 is 2.91 bits per heavy atom. The molecule has 3 amide bonds. The topological polar surface area (TPSA) is 94.2 Å². The van der Waals surface area contributed by atoms with Gasteiger partial charge in [-0.1, -0.05) is 6.07 Å². The maximum absolute atomic E-state index is 12.2. The van der Waals surface area contributed by atoms with Crippen LogP contribution in [0.4, 0.5) is 4.79 Å². The molecular weight excluding hydrogens is 304 g/mol. The van der Waals surface area contributed by atoms with Crippen molar-refractivity contribution in [3.05, 3.63) is 29.5 Å². The number of carbonyl (C=O) groups excluding carboxylic acids is 3. The van der Waals surface area contributed by atoms with Crippen LogP contribution in [0.25, 0.3) is 6.08 Å². The monoisotopic (exact) mass is 318 g/mol. The average molecular weight is 318 g/mol. The zero-order chi connectivity index (χ0) is 16.4. The highest BCUT2D eigenvalue weighted by Crippen LogP contribution is 2.33. The number of hydrogen-bond donors (Lipinski definition) is 1. The van der Waals surface area contributed by atoms with E-state index in [1.54, 1.807) is 24.3 Å². The van der Waals surface area contributed by atoms with Crippen LogP contribution in [0.2, 0.25) is 0 Å². The number of nitrogens with one attached hydrogen (secondary N) is 1. The van der Waals surface area contributed by atoms with E-state index in [-0.39, 0.29) is 25.5 Å². The zero-order valence-electron chi connectivity index (χ0n) is 12.3. The molecule has 0 spiro atoms. The standard InChI is InChI=1S/C15H14N2O6/c1-21-13(18)4-5-17-14(19)10(16-15(17)20)6-9-2-3-11-12(7-9)23-8-22-11/h2-3,6-7H,4-5,8H2,1H3,(H,16,20). The molecule has 0 bridgehead atoms. The van der Waals surface area contributed by atoms with Crippen LogP contribution in [0.5, 0.6) is 11.5 Å². The van der Waals surface area contributed by atoms with Gasteiger partial charge in [-0.25, -0.2) is 4.79 Å². The molecule has 1 aromatic carbocycles. The molecule has 23 heavy (non-hydrogen) atoms. The number of rotatable bonds is 4. The third-order valence-corrected chi connectivity index (χ3v) is 3.44. The van der Waals surface area contributed by atoms with Gasteiger partial charge in [0.05, 0.1) is 13.5 Å². The summed E-state index contributed by atoms with van der Waals surface area (Å²) in [5.74, 6) is 0.239. The van der Waals surface area contributed by atoms with Crippen LogP contribution in [0.15, 0.2) is 23.9 Å². The first-order valence-electron chi connectivity index (χ1n) is 6.89. The van der Waals surface area contributed by atoms with Crippen molar-refractivity contribution in [1.82, 2.24) is 10.2 Å². The molecule has 2 aliphatic rings. The Kier molecular flexibility index (Phi) is 3.88. The molecule has 8 heteroatoms. The van der Waals surface area contributed by atoms with Gasteiger partial charge in [-0.05, 0) is 23.8 Å². The highest BCUT2D eigenvalue weighted by molar-refractivity contribution is 6.14. The van der Waals surface area contributed by atoms with Gasteiger partial charge in [0.1, 0.15) is 5.70 Å². The second-order valence-corrected chi connectivity index (χ2v) is 4.88. The molecule has 0 aliphatic carbocycles. The Hall–Kier alpha value is -3.03. The Morgan fingerprint density at radius 1 is 1.35 bits per heavy atom. The Labute approximate surface area is 131 Å². The number of esters is 1. The van der Waals surface area contributed by atoms with Crippen molar-refractivity contribution in [2.45, 2.75) is 6.42 Å². The normalized spacial score (nSPS) is 17.6. The van der Waals surface area contributed by atoms with Gasteiger partial charge >= 0.3 is 12.0 Å². The molecule has 1 N–H and O–H groups in total. The Bertz CT molecular complexity index is 712. The smallest absolute Gasteiger partial charge is 0.329 e. The highest BCUT2D eigenvalue weighted by Gasteiger charge is 2.33. The summed E-state index contributed by atoms with van der Waals surface area (Å²) in [4.78, 5) is 36.1. The predicted molar refractivity (Wildman–Crippen MR) is 77.4 cm³/mol. The number of urea groups is 1. The summed E-state index contributed by atoms with van der Waals surface area (Å²) in [6.07, 6.45) is 1.49. The number of ether oxygens (including phenoxy) is 3. The molecule has 1 fully saturated rings. The minimum Gasteiger partial charge on any atom is -0.469 e. The van der Waals surface area contributed by atoms with Gasteiger partial charge in [0.2, 0.25) is 6.79 Å². The molecule has 120 valence electrons. The predicted octanol–water partition coefficient (Wildman–Crippen LogP) is 0.871. The number of hydrogen-bond acceptors (Lipinski definition) is 6. The van der Waals surface area contributed by atoms with E-state index in [2.05, 4.69) is 10.1 Å². The fourth-order valence-electron chi connectivity index (χ4n) is 2.25. The summed E-state index contributed by atoms with van der Waals surface area (Å²) < 4.78 is 15.0. The maximum Gasteiger partial charge on any atom is 0.329 e. The summed E-state index contributed by atoms with van der Waals surface area (Å²) in [6.45, 7) is 0.127. The van der Waals surface area contributed by atoms with Crippen LogP contribution < -0.4 is 14.8 Å². The van der Waals surface area contributed by atoms with E-state index in [0.29, 0.717) is 17.1 Å². The largest absolute Gasteiger partial charge is 0.469 e. The number of carbonyl (C=O) groups is 3. The molecule has 2 heterocycles. The van der Waals surface area contributed by atoms with Crippen LogP contribution in [0, 0.1) is 0 Å². The van der Waals surface area contributed by atoms with Crippen molar-refractivity contribution >= 4 is 24.0 Å². The van der Waals surface area contributed by atoms with Crippen molar-refractivity contribution in [2.75, 3.05) is 20.4 Å². The number of fused-ring (bicyclic) bond motifs is 1. The van der Waals surface area contributed by atoms with Crippen molar-refractivity contribution in [3.8, 4) is 11.5 Å². The van der Waals surface area contributed by atoms with Gasteiger partial charge in [-0.2, -0.15) is 0 Å². The number of methoxy groups -OCH3 is 1. The summed E-state index contributed by atoms with van der Waals surface area (Å²) >= 11 is 0. The van der Waals surface area contributed by atoms with Crippen LogP contribution in [0.3, 0.4) is 0 Å². The third-order valence-electron chi connectivity index (χ3n) is 3.44. The van der Waals surface area contributed by atoms with Gasteiger partial charge in [-0.3, -0.25) is 14.5 Å². The second kappa shape index (κ2) is 5.99. The molecular formula is C15H14N2O6. The molecule has 0 aromatic heterocycles. The van der Waals surface area contributed by atoms with Crippen molar-refractivity contribution in [3.63, 3.8) is 0 Å². The summed E-state index contributed by atoms with van der Waals surface area (Å²) in [5, 5.41) is 2.49. The quantitative estimate of drug-likeness (QED) is 0.503. The van der Waals surface area contributed by atoms with Gasteiger partial charge in [0, 0.05) is 6.54 Å². The fraction of sp³-hybridized carbons (Fsp3) is 0.267. The third kappa shape index (κ3) is 2.96. The average Bonchev–Trinajstić information content (AvgIpc) is 3.10. The van der Waals surface area contributed by atoms with Crippen molar-refractivity contribution in [1.29, 1.82) is 0 Å². The SMILES string of the molecule is COC(=O)CCN1C(=O)NC(=Cc2ccc3c(c2)OCO3)C1=O. The van der Waals surface area contributed by atoms with Gasteiger partial charge in [0.25, 0.3) is 5.91 Å². The fourth-order valence-corrected chi connectivity index (χ4v) is 2.25. The molecule has 0 radical (unpaired) electrons. The van der Waals surface area contributed by atoms with E-state index >= 15 is 0 Å². The van der Waals surface area contributed by atoms with Crippen molar-refractivity contribution in [2.24, 2.45) is 0 Å². The second-order valence-electron chi connectivity index (χ2n) is 4.88. The lowest BCUT2D eigenvalue weighted by Crippen LogP contribution is -2.33.